The zero-order valence-electron chi connectivity index (χ0n) is 18.0. The molecule has 0 aromatic heterocycles. The summed E-state index contributed by atoms with van der Waals surface area (Å²) in [5, 5.41) is 21.3. The number of phenolic OH excluding ortho intramolecular Hbond substituents is 1. The number of carbonyl (C=O) groups is 2. The lowest BCUT2D eigenvalue weighted by Gasteiger charge is -2.25. The Hall–Kier alpha value is -4.06. The Morgan fingerprint density at radius 3 is 2.34 bits per heavy atom. The Labute approximate surface area is 186 Å². The van der Waals surface area contributed by atoms with Crippen LogP contribution >= 0.6 is 0 Å². The Kier molecular flexibility index (Phi) is 5.45. The highest BCUT2D eigenvalue weighted by Crippen LogP contribution is 2.43. The summed E-state index contributed by atoms with van der Waals surface area (Å²) < 4.78 is 5.20. The molecule has 0 radical (unpaired) electrons. The molecule has 1 amide bonds. The number of hydrogen-bond acceptors (Lipinski definition) is 5. The van der Waals surface area contributed by atoms with Crippen molar-refractivity contribution in [3.05, 3.63) is 94.6 Å². The molecule has 4 rings (SSSR count). The largest absolute Gasteiger partial charge is 0.508 e. The van der Waals surface area contributed by atoms with Crippen LogP contribution in [-0.2, 0) is 9.59 Å². The van der Waals surface area contributed by atoms with Gasteiger partial charge in [-0.25, -0.2) is 0 Å². The van der Waals surface area contributed by atoms with E-state index in [2.05, 4.69) is 0 Å². The normalized spacial score (nSPS) is 17.6. The van der Waals surface area contributed by atoms with Crippen LogP contribution in [0.25, 0.3) is 5.76 Å². The molecule has 162 valence electrons. The molecule has 1 unspecified atom stereocenters. The van der Waals surface area contributed by atoms with Crippen LogP contribution in [0.1, 0.15) is 28.3 Å². The smallest absolute Gasteiger partial charge is 0.300 e. The van der Waals surface area contributed by atoms with Crippen molar-refractivity contribution in [3.63, 3.8) is 0 Å². The highest BCUT2D eigenvalue weighted by molar-refractivity contribution is 6.51. The molecule has 0 bridgehead atoms. The number of hydrogen-bond donors (Lipinski definition) is 2. The van der Waals surface area contributed by atoms with Crippen molar-refractivity contribution in [3.8, 4) is 11.5 Å². The van der Waals surface area contributed by atoms with E-state index in [1.165, 1.54) is 24.1 Å². The third-order valence-corrected chi connectivity index (χ3v) is 5.63. The van der Waals surface area contributed by atoms with Gasteiger partial charge in [-0.2, -0.15) is 0 Å². The summed E-state index contributed by atoms with van der Waals surface area (Å²) in [6.07, 6.45) is 0. The molecule has 6 nitrogen and oxygen atoms in total. The highest BCUT2D eigenvalue weighted by Gasteiger charge is 2.47. The van der Waals surface area contributed by atoms with Gasteiger partial charge in [0, 0.05) is 11.3 Å². The van der Waals surface area contributed by atoms with E-state index in [9.17, 15) is 19.8 Å². The van der Waals surface area contributed by atoms with Crippen LogP contribution < -0.4 is 9.64 Å². The predicted octanol–water partition coefficient (Wildman–Crippen LogP) is 4.64. The second-order valence-electron chi connectivity index (χ2n) is 7.78. The van der Waals surface area contributed by atoms with Crippen molar-refractivity contribution in [1.29, 1.82) is 0 Å². The fourth-order valence-electron chi connectivity index (χ4n) is 3.99. The number of aromatic hydroxyl groups is 1. The minimum Gasteiger partial charge on any atom is -0.508 e. The number of aryl methyl sites for hydroxylation is 2. The van der Waals surface area contributed by atoms with Crippen LogP contribution in [0, 0.1) is 13.8 Å². The van der Waals surface area contributed by atoms with Crippen molar-refractivity contribution >= 4 is 23.1 Å². The van der Waals surface area contributed by atoms with Gasteiger partial charge in [0.05, 0.1) is 18.7 Å². The van der Waals surface area contributed by atoms with Gasteiger partial charge in [-0.3, -0.25) is 14.5 Å². The minimum absolute atomic E-state index is 0.00504. The lowest BCUT2D eigenvalue weighted by atomic mass is 9.93. The van der Waals surface area contributed by atoms with Gasteiger partial charge in [-0.05, 0) is 67.4 Å². The number of ether oxygens (including phenoxy) is 1. The summed E-state index contributed by atoms with van der Waals surface area (Å²) in [4.78, 5) is 27.7. The maximum absolute atomic E-state index is 13.2. The maximum Gasteiger partial charge on any atom is 0.300 e. The molecule has 32 heavy (non-hydrogen) atoms. The molecule has 1 aliphatic heterocycles. The zero-order valence-corrected chi connectivity index (χ0v) is 18.0. The molecule has 3 aromatic carbocycles. The number of aliphatic hydroxyl groups excluding tert-OH is 1. The Morgan fingerprint density at radius 2 is 1.69 bits per heavy atom. The number of anilines is 1. The van der Waals surface area contributed by atoms with E-state index in [4.69, 9.17) is 4.74 Å². The molecular weight excluding hydrogens is 406 g/mol. The molecule has 2 N–H and O–H groups in total. The monoisotopic (exact) mass is 429 g/mol. The van der Waals surface area contributed by atoms with Crippen LogP contribution in [0.5, 0.6) is 11.5 Å². The van der Waals surface area contributed by atoms with E-state index in [0.717, 1.165) is 11.1 Å². The highest BCUT2D eigenvalue weighted by atomic mass is 16.5. The maximum atomic E-state index is 13.2. The van der Waals surface area contributed by atoms with E-state index in [0.29, 0.717) is 22.6 Å². The van der Waals surface area contributed by atoms with Crippen LogP contribution in [0.4, 0.5) is 5.69 Å². The Bertz CT molecular complexity index is 1240. The second kappa shape index (κ2) is 8.23. The van der Waals surface area contributed by atoms with Gasteiger partial charge in [0.2, 0.25) is 0 Å². The molecule has 1 saturated heterocycles. The summed E-state index contributed by atoms with van der Waals surface area (Å²) >= 11 is 0. The molecular formula is C26H23NO5. The average molecular weight is 429 g/mol. The quantitative estimate of drug-likeness (QED) is 0.358. The number of nitrogens with zero attached hydrogens (tertiary/aromatic N) is 1. The first kappa shape index (κ1) is 21.2. The van der Waals surface area contributed by atoms with Crippen LogP contribution in [0.15, 0.2) is 72.3 Å². The van der Waals surface area contributed by atoms with Crippen molar-refractivity contribution < 1.29 is 24.5 Å². The number of Topliss-reactive ketones (excluding diaryl/α,β-unsaturated/α-hetero) is 1. The third kappa shape index (κ3) is 3.60. The van der Waals surface area contributed by atoms with E-state index in [-0.39, 0.29) is 17.1 Å². The number of methoxy groups -OCH3 is 1. The zero-order chi connectivity index (χ0) is 23.0. The van der Waals surface area contributed by atoms with Gasteiger partial charge < -0.3 is 14.9 Å². The van der Waals surface area contributed by atoms with Gasteiger partial charge in [0.15, 0.2) is 0 Å². The summed E-state index contributed by atoms with van der Waals surface area (Å²) in [6, 6.07) is 17.7. The van der Waals surface area contributed by atoms with E-state index in [1.807, 2.05) is 26.0 Å². The van der Waals surface area contributed by atoms with Gasteiger partial charge in [-0.1, -0.05) is 29.8 Å². The molecule has 0 aliphatic carbocycles. The molecule has 3 aromatic rings. The van der Waals surface area contributed by atoms with Gasteiger partial charge in [0.1, 0.15) is 17.3 Å². The Morgan fingerprint density at radius 1 is 0.969 bits per heavy atom. The number of amides is 1. The molecule has 6 heteroatoms. The Balaban J connectivity index is 1.96. The number of phenols is 1. The van der Waals surface area contributed by atoms with E-state index in [1.54, 1.807) is 42.5 Å². The SMILES string of the molecule is COc1ccc(N2C(=O)C(=O)/C(=C(/O)c3cc(C)ccc3C)C2c2cccc(O)c2)cc1. The molecule has 0 spiro atoms. The lowest BCUT2D eigenvalue weighted by Crippen LogP contribution is -2.29. The first-order valence-electron chi connectivity index (χ1n) is 10.1. The van der Waals surface area contributed by atoms with Crippen molar-refractivity contribution in [2.45, 2.75) is 19.9 Å². The number of rotatable bonds is 4. The lowest BCUT2D eigenvalue weighted by molar-refractivity contribution is -0.132. The first-order chi connectivity index (χ1) is 15.3. The minimum atomic E-state index is -0.907. The molecule has 1 heterocycles. The molecule has 1 aliphatic rings. The average Bonchev–Trinajstić information content (AvgIpc) is 3.05. The van der Waals surface area contributed by atoms with Crippen molar-refractivity contribution in [2.75, 3.05) is 12.0 Å². The molecule has 1 fully saturated rings. The number of ketones is 1. The topological polar surface area (TPSA) is 87.1 Å². The second-order valence-corrected chi connectivity index (χ2v) is 7.78. The van der Waals surface area contributed by atoms with E-state index >= 15 is 0 Å². The fraction of sp³-hybridized carbons (Fsp3) is 0.154. The number of aliphatic hydroxyl groups is 1. The third-order valence-electron chi connectivity index (χ3n) is 5.63. The summed E-state index contributed by atoms with van der Waals surface area (Å²) in [7, 11) is 1.54. The summed E-state index contributed by atoms with van der Waals surface area (Å²) in [6.45, 7) is 3.72. The van der Waals surface area contributed by atoms with Gasteiger partial charge >= 0.3 is 0 Å². The van der Waals surface area contributed by atoms with Crippen LogP contribution in [-0.4, -0.2) is 29.0 Å². The molecule has 1 atom stereocenters. The fourth-order valence-corrected chi connectivity index (χ4v) is 3.99. The van der Waals surface area contributed by atoms with Crippen molar-refractivity contribution in [1.82, 2.24) is 0 Å². The summed E-state index contributed by atoms with van der Waals surface area (Å²) in [5.74, 6) is -1.18. The van der Waals surface area contributed by atoms with E-state index < -0.39 is 17.7 Å². The van der Waals surface area contributed by atoms with Crippen molar-refractivity contribution in [2.24, 2.45) is 0 Å². The molecule has 0 saturated carbocycles. The predicted molar refractivity (Wildman–Crippen MR) is 122 cm³/mol. The van der Waals surface area contributed by atoms with Crippen LogP contribution in [0.3, 0.4) is 0 Å². The first-order valence-corrected chi connectivity index (χ1v) is 10.1. The van der Waals surface area contributed by atoms with Gasteiger partial charge in [0.25, 0.3) is 11.7 Å². The number of carbonyl (C=O) groups excluding carboxylic acids is 2. The number of benzene rings is 3. The summed E-state index contributed by atoms with van der Waals surface area (Å²) in [5.41, 5.74) is 3.13. The van der Waals surface area contributed by atoms with Gasteiger partial charge in [-0.15, -0.1) is 0 Å². The van der Waals surface area contributed by atoms with Crippen LogP contribution in [0.2, 0.25) is 0 Å². The standard InChI is InChI=1S/C26H23NO5/c1-15-7-8-16(2)21(13-15)24(29)22-23(17-5-4-6-19(28)14-17)27(26(31)25(22)30)18-9-11-20(32-3)12-10-18/h4-14,23,28-29H,1-3H3/b24-22+.